The van der Waals surface area contributed by atoms with E-state index in [4.69, 9.17) is 9.84 Å². The SMILES string of the molecule is O=C(O)CC1COCCN1C(=O)CSc1ccc(C(F)(F)F)cn1. The fourth-order valence-electron chi connectivity index (χ4n) is 2.21. The lowest BCUT2D eigenvalue weighted by atomic mass is 10.1. The summed E-state index contributed by atoms with van der Waals surface area (Å²) in [5, 5.41) is 9.16. The molecule has 1 aliphatic heterocycles. The summed E-state index contributed by atoms with van der Waals surface area (Å²) < 4.78 is 42.6. The topological polar surface area (TPSA) is 79.7 Å². The highest BCUT2D eigenvalue weighted by Gasteiger charge is 2.31. The Bertz CT molecular complexity index is 595. The maximum Gasteiger partial charge on any atom is 0.417 e. The lowest BCUT2D eigenvalue weighted by Crippen LogP contribution is -2.50. The zero-order valence-corrected chi connectivity index (χ0v) is 13.3. The first-order chi connectivity index (χ1) is 11.3. The molecular formula is C14H15F3N2O4S. The van der Waals surface area contributed by atoms with Crippen molar-refractivity contribution in [3.05, 3.63) is 23.9 Å². The van der Waals surface area contributed by atoms with Crippen LogP contribution in [0, 0.1) is 0 Å². The largest absolute Gasteiger partial charge is 0.481 e. The smallest absolute Gasteiger partial charge is 0.417 e. The van der Waals surface area contributed by atoms with E-state index in [2.05, 4.69) is 4.98 Å². The molecule has 0 bridgehead atoms. The molecule has 1 fully saturated rings. The van der Waals surface area contributed by atoms with Crippen molar-refractivity contribution in [2.45, 2.75) is 23.7 Å². The summed E-state index contributed by atoms with van der Waals surface area (Å²) in [6.45, 7) is 0.768. The molecule has 0 radical (unpaired) electrons. The highest BCUT2D eigenvalue weighted by Crippen LogP contribution is 2.29. The first-order valence-corrected chi connectivity index (χ1v) is 8.01. The van der Waals surface area contributed by atoms with E-state index in [9.17, 15) is 22.8 Å². The number of carbonyl (C=O) groups excluding carboxylic acids is 1. The molecule has 2 heterocycles. The Morgan fingerprint density at radius 3 is 2.75 bits per heavy atom. The Labute approximate surface area is 140 Å². The molecule has 1 aromatic rings. The van der Waals surface area contributed by atoms with Gasteiger partial charge < -0.3 is 14.7 Å². The Morgan fingerprint density at radius 2 is 2.17 bits per heavy atom. The molecule has 1 amide bonds. The van der Waals surface area contributed by atoms with Gasteiger partial charge in [-0.05, 0) is 12.1 Å². The van der Waals surface area contributed by atoms with Crippen molar-refractivity contribution < 1.29 is 32.6 Å². The van der Waals surface area contributed by atoms with Crippen LogP contribution < -0.4 is 0 Å². The number of hydrogen-bond donors (Lipinski definition) is 1. The van der Waals surface area contributed by atoms with Crippen molar-refractivity contribution in [1.82, 2.24) is 9.88 Å². The zero-order chi connectivity index (χ0) is 17.7. The summed E-state index contributed by atoms with van der Waals surface area (Å²) in [5.41, 5.74) is -0.854. The Morgan fingerprint density at radius 1 is 1.42 bits per heavy atom. The molecule has 0 spiro atoms. The number of hydrogen-bond acceptors (Lipinski definition) is 5. The molecule has 6 nitrogen and oxygen atoms in total. The van der Waals surface area contributed by atoms with E-state index >= 15 is 0 Å². The lowest BCUT2D eigenvalue weighted by Gasteiger charge is -2.34. The van der Waals surface area contributed by atoms with Crippen LogP contribution in [-0.2, 0) is 20.5 Å². The van der Waals surface area contributed by atoms with E-state index in [0.29, 0.717) is 11.6 Å². The van der Waals surface area contributed by atoms with Crippen LogP contribution in [0.5, 0.6) is 0 Å². The first-order valence-electron chi connectivity index (χ1n) is 7.02. The second kappa shape index (κ2) is 7.84. The van der Waals surface area contributed by atoms with E-state index in [-0.39, 0.29) is 31.2 Å². The summed E-state index contributed by atoms with van der Waals surface area (Å²) in [6, 6.07) is 1.57. The summed E-state index contributed by atoms with van der Waals surface area (Å²) >= 11 is 1.00. The van der Waals surface area contributed by atoms with Gasteiger partial charge in [-0.25, -0.2) is 4.98 Å². The van der Waals surface area contributed by atoms with Gasteiger partial charge in [-0.3, -0.25) is 9.59 Å². The number of thioether (sulfide) groups is 1. The monoisotopic (exact) mass is 364 g/mol. The van der Waals surface area contributed by atoms with Gasteiger partial charge in [-0.1, -0.05) is 11.8 Å². The third kappa shape index (κ3) is 5.10. The number of aliphatic carboxylic acids is 1. The van der Waals surface area contributed by atoms with Crippen molar-refractivity contribution in [2.24, 2.45) is 0 Å². The number of ether oxygens (including phenoxy) is 1. The molecule has 10 heteroatoms. The van der Waals surface area contributed by atoms with Crippen molar-refractivity contribution in [3.63, 3.8) is 0 Å². The number of rotatable bonds is 5. The molecule has 0 aromatic carbocycles. The Balaban J connectivity index is 1.92. The molecule has 1 atom stereocenters. The second-order valence-electron chi connectivity index (χ2n) is 5.09. The average molecular weight is 364 g/mol. The van der Waals surface area contributed by atoms with Crippen LogP contribution in [0.4, 0.5) is 13.2 Å². The van der Waals surface area contributed by atoms with Crippen LogP contribution in [0.1, 0.15) is 12.0 Å². The van der Waals surface area contributed by atoms with Crippen LogP contribution in [-0.4, -0.2) is 58.4 Å². The number of amides is 1. The van der Waals surface area contributed by atoms with Gasteiger partial charge in [0, 0.05) is 12.7 Å². The highest BCUT2D eigenvalue weighted by atomic mass is 32.2. The van der Waals surface area contributed by atoms with E-state index in [0.717, 1.165) is 24.0 Å². The second-order valence-corrected chi connectivity index (χ2v) is 6.08. The number of carboxylic acids is 1. The third-order valence-corrected chi connectivity index (χ3v) is 4.29. The molecule has 1 aromatic heterocycles. The number of carboxylic acid groups (broad SMARTS) is 1. The van der Waals surface area contributed by atoms with E-state index < -0.39 is 23.8 Å². The van der Waals surface area contributed by atoms with Gasteiger partial charge in [-0.2, -0.15) is 13.2 Å². The van der Waals surface area contributed by atoms with E-state index in [1.54, 1.807) is 0 Å². The molecule has 0 aliphatic carbocycles. The van der Waals surface area contributed by atoms with Gasteiger partial charge >= 0.3 is 12.1 Å². The van der Waals surface area contributed by atoms with Gasteiger partial charge in [-0.15, -0.1) is 0 Å². The zero-order valence-electron chi connectivity index (χ0n) is 12.5. The number of aromatic nitrogens is 1. The Hall–Kier alpha value is -1.81. The Kier molecular flexibility index (Phi) is 6.05. The number of halogens is 3. The van der Waals surface area contributed by atoms with E-state index in [1.165, 1.54) is 11.0 Å². The minimum Gasteiger partial charge on any atom is -0.481 e. The standard InChI is InChI=1S/C14H15F3N2O4S/c15-14(16,17)9-1-2-11(18-6-9)24-8-12(20)19-3-4-23-7-10(19)5-13(21)22/h1-2,6,10H,3-5,7-8H2,(H,21,22). The van der Waals surface area contributed by atoms with Gasteiger partial charge in [0.15, 0.2) is 0 Å². The van der Waals surface area contributed by atoms with Gasteiger partial charge in [0.05, 0.1) is 42.0 Å². The van der Waals surface area contributed by atoms with Crippen LogP contribution in [0.2, 0.25) is 0 Å². The highest BCUT2D eigenvalue weighted by molar-refractivity contribution is 7.99. The number of pyridine rings is 1. The van der Waals surface area contributed by atoms with Crippen molar-refractivity contribution in [2.75, 3.05) is 25.5 Å². The molecule has 0 saturated carbocycles. The summed E-state index contributed by atoms with van der Waals surface area (Å²) in [4.78, 5) is 28.2. The maximum absolute atomic E-state index is 12.5. The van der Waals surface area contributed by atoms with E-state index in [1.807, 2.05) is 0 Å². The molecule has 2 rings (SSSR count). The molecule has 1 aliphatic rings. The van der Waals surface area contributed by atoms with Gasteiger partial charge in [0.1, 0.15) is 0 Å². The average Bonchev–Trinajstić information content (AvgIpc) is 2.52. The molecule has 1 unspecified atom stereocenters. The van der Waals surface area contributed by atoms with Crippen LogP contribution >= 0.6 is 11.8 Å². The first kappa shape index (κ1) is 18.5. The number of alkyl halides is 3. The third-order valence-electron chi connectivity index (χ3n) is 3.37. The molecule has 1 saturated heterocycles. The van der Waals surface area contributed by atoms with Crippen LogP contribution in [0.25, 0.3) is 0 Å². The minimum absolute atomic E-state index is 0.0333. The molecular weight excluding hydrogens is 349 g/mol. The molecule has 132 valence electrons. The van der Waals surface area contributed by atoms with Gasteiger partial charge in [0.2, 0.25) is 5.91 Å². The summed E-state index contributed by atoms with van der Waals surface area (Å²) in [6.07, 6.45) is -3.95. The van der Waals surface area contributed by atoms with Crippen molar-refractivity contribution in [1.29, 1.82) is 0 Å². The van der Waals surface area contributed by atoms with Crippen LogP contribution in [0.15, 0.2) is 23.4 Å². The minimum atomic E-state index is -4.45. The van der Waals surface area contributed by atoms with Gasteiger partial charge in [0.25, 0.3) is 0 Å². The fraction of sp³-hybridized carbons (Fsp3) is 0.500. The fourth-order valence-corrected chi connectivity index (χ4v) is 2.93. The maximum atomic E-state index is 12.5. The lowest BCUT2D eigenvalue weighted by molar-refractivity contribution is -0.145. The predicted molar refractivity (Wildman–Crippen MR) is 78.5 cm³/mol. The normalized spacial score (nSPS) is 18.5. The number of carbonyl (C=O) groups is 2. The van der Waals surface area contributed by atoms with Crippen molar-refractivity contribution >= 4 is 23.6 Å². The predicted octanol–water partition coefficient (Wildman–Crippen LogP) is 1.89. The number of morpholine rings is 1. The molecule has 1 N–H and O–H groups in total. The van der Waals surface area contributed by atoms with Crippen molar-refractivity contribution in [3.8, 4) is 0 Å². The number of nitrogens with zero attached hydrogens (tertiary/aromatic N) is 2. The summed E-state index contributed by atoms with van der Waals surface area (Å²) in [7, 11) is 0. The summed E-state index contributed by atoms with van der Waals surface area (Å²) in [5.74, 6) is -1.36. The van der Waals surface area contributed by atoms with Crippen LogP contribution in [0.3, 0.4) is 0 Å². The molecule has 24 heavy (non-hydrogen) atoms. The quantitative estimate of drug-likeness (QED) is 0.804.